The second-order valence-corrected chi connectivity index (χ2v) is 4.10. The minimum absolute atomic E-state index is 0.529. The summed E-state index contributed by atoms with van der Waals surface area (Å²) in [4.78, 5) is 0. The van der Waals surface area contributed by atoms with Crippen LogP contribution in [0.25, 0.3) is 0 Å². The molecule has 2 nitrogen and oxygen atoms in total. The molecule has 1 aliphatic carbocycles. The molecule has 1 aliphatic rings. The summed E-state index contributed by atoms with van der Waals surface area (Å²) in [6.07, 6.45) is 0.771. The van der Waals surface area contributed by atoms with Crippen molar-refractivity contribution in [1.29, 1.82) is 5.26 Å². The lowest BCUT2D eigenvalue weighted by molar-refractivity contribution is 0.123. The molecule has 72 valence electrons. The van der Waals surface area contributed by atoms with Gasteiger partial charge in [-0.15, -0.1) is 0 Å². The molecule has 1 aromatic rings. The van der Waals surface area contributed by atoms with Crippen LogP contribution in [0.5, 0.6) is 0 Å². The lowest BCUT2D eigenvalue weighted by Gasteiger charge is -2.16. The molecule has 0 saturated heterocycles. The summed E-state index contributed by atoms with van der Waals surface area (Å²) in [6, 6.07) is 9.29. The Morgan fingerprint density at radius 1 is 1.43 bits per heavy atom. The Balaban J connectivity index is 2.33. The van der Waals surface area contributed by atoms with Crippen molar-refractivity contribution in [2.24, 2.45) is 5.41 Å². The van der Waals surface area contributed by atoms with Crippen LogP contribution in [0.2, 0.25) is 5.02 Å². The lowest BCUT2D eigenvalue weighted by Crippen LogP contribution is -2.11. The summed E-state index contributed by atoms with van der Waals surface area (Å²) >= 11 is 5.94. The highest BCUT2D eigenvalue weighted by atomic mass is 35.5. The smallest absolute Gasteiger partial charge is 0.0990 e. The molecule has 0 bridgehead atoms. The van der Waals surface area contributed by atoms with E-state index < -0.39 is 11.5 Å². The maximum atomic E-state index is 9.98. The Hall–Kier alpha value is -1.04. The Morgan fingerprint density at radius 3 is 2.57 bits per heavy atom. The van der Waals surface area contributed by atoms with E-state index >= 15 is 0 Å². The van der Waals surface area contributed by atoms with Crippen molar-refractivity contribution < 1.29 is 5.11 Å². The maximum Gasteiger partial charge on any atom is 0.0990 e. The van der Waals surface area contributed by atoms with Crippen LogP contribution in [-0.4, -0.2) is 5.11 Å². The second kappa shape index (κ2) is 3.27. The average molecular weight is 208 g/mol. The van der Waals surface area contributed by atoms with E-state index in [9.17, 15) is 5.11 Å². The SMILES string of the molecule is N#CC1(C(O)c2ccccc2Cl)CC1. The molecule has 1 N–H and O–H groups in total. The number of rotatable bonds is 2. The molecule has 0 radical (unpaired) electrons. The van der Waals surface area contributed by atoms with E-state index in [1.54, 1.807) is 12.1 Å². The predicted octanol–water partition coefficient (Wildman–Crippen LogP) is 2.68. The molecule has 1 unspecified atom stereocenters. The van der Waals surface area contributed by atoms with Crippen LogP contribution < -0.4 is 0 Å². The quantitative estimate of drug-likeness (QED) is 0.811. The van der Waals surface area contributed by atoms with Crippen LogP contribution in [0.15, 0.2) is 24.3 Å². The van der Waals surface area contributed by atoms with Gasteiger partial charge in [0.05, 0.1) is 17.6 Å². The van der Waals surface area contributed by atoms with Gasteiger partial charge in [-0.1, -0.05) is 29.8 Å². The molecule has 0 aliphatic heterocycles. The van der Waals surface area contributed by atoms with E-state index in [0.717, 1.165) is 12.8 Å². The summed E-state index contributed by atoms with van der Waals surface area (Å²) in [7, 11) is 0. The fraction of sp³-hybridized carbons (Fsp3) is 0.364. The molecule has 1 fully saturated rings. The standard InChI is InChI=1S/C11H10ClNO/c12-9-4-2-1-3-8(9)10(14)11(7-13)5-6-11/h1-4,10,14H,5-6H2. The summed E-state index contributed by atoms with van der Waals surface area (Å²) in [5.74, 6) is 0. The zero-order chi connectivity index (χ0) is 10.2. The minimum atomic E-state index is -0.749. The normalized spacial score (nSPS) is 19.8. The van der Waals surface area contributed by atoms with Crippen molar-refractivity contribution in [3.8, 4) is 6.07 Å². The van der Waals surface area contributed by atoms with Crippen molar-refractivity contribution in [3.63, 3.8) is 0 Å². The molecule has 0 heterocycles. The van der Waals surface area contributed by atoms with Gasteiger partial charge in [0.15, 0.2) is 0 Å². The highest BCUT2D eigenvalue weighted by molar-refractivity contribution is 6.31. The first kappa shape index (κ1) is 9.51. The number of nitriles is 1. The first-order valence-electron chi connectivity index (χ1n) is 4.53. The number of aliphatic hydroxyl groups excluding tert-OH is 1. The van der Waals surface area contributed by atoms with Gasteiger partial charge in [0.2, 0.25) is 0 Å². The van der Waals surface area contributed by atoms with Crippen molar-refractivity contribution in [2.75, 3.05) is 0 Å². The van der Waals surface area contributed by atoms with Crippen LogP contribution in [0.1, 0.15) is 24.5 Å². The molecule has 1 atom stereocenters. The lowest BCUT2D eigenvalue weighted by atomic mass is 9.94. The Morgan fingerprint density at radius 2 is 2.07 bits per heavy atom. The van der Waals surface area contributed by atoms with Crippen LogP contribution in [0, 0.1) is 16.7 Å². The van der Waals surface area contributed by atoms with E-state index in [-0.39, 0.29) is 0 Å². The van der Waals surface area contributed by atoms with Crippen molar-refractivity contribution >= 4 is 11.6 Å². The third-order valence-corrected chi connectivity index (χ3v) is 3.08. The monoisotopic (exact) mass is 207 g/mol. The van der Waals surface area contributed by atoms with Gasteiger partial charge in [-0.2, -0.15) is 5.26 Å². The molecule has 3 heteroatoms. The summed E-state index contributed by atoms with van der Waals surface area (Å²) < 4.78 is 0. The fourth-order valence-electron chi connectivity index (χ4n) is 1.58. The Labute approximate surface area is 87.7 Å². The largest absolute Gasteiger partial charge is 0.387 e. The zero-order valence-electron chi connectivity index (χ0n) is 7.57. The third kappa shape index (κ3) is 1.39. The van der Waals surface area contributed by atoms with Crippen LogP contribution >= 0.6 is 11.6 Å². The van der Waals surface area contributed by atoms with Gasteiger partial charge in [0.1, 0.15) is 0 Å². The number of hydrogen-bond acceptors (Lipinski definition) is 2. The van der Waals surface area contributed by atoms with E-state index in [2.05, 4.69) is 6.07 Å². The highest BCUT2D eigenvalue weighted by Crippen LogP contribution is 2.55. The van der Waals surface area contributed by atoms with Crippen LogP contribution in [-0.2, 0) is 0 Å². The molecule has 1 aromatic carbocycles. The van der Waals surface area contributed by atoms with Crippen molar-refractivity contribution in [1.82, 2.24) is 0 Å². The molecule has 0 aromatic heterocycles. The van der Waals surface area contributed by atoms with Crippen LogP contribution in [0.3, 0.4) is 0 Å². The molecule has 14 heavy (non-hydrogen) atoms. The predicted molar refractivity (Wildman–Crippen MR) is 53.7 cm³/mol. The van der Waals surface area contributed by atoms with Gasteiger partial charge in [-0.25, -0.2) is 0 Å². The molecule has 1 saturated carbocycles. The van der Waals surface area contributed by atoms with Crippen molar-refractivity contribution in [3.05, 3.63) is 34.9 Å². The van der Waals surface area contributed by atoms with Crippen molar-refractivity contribution in [2.45, 2.75) is 18.9 Å². The van der Waals surface area contributed by atoms with Gasteiger partial charge in [-0.05, 0) is 18.9 Å². The number of hydrogen-bond donors (Lipinski definition) is 1. The number of halogens is 1. The molecule has 0 amide bonds. The van der Waals surface area contributed by atoms with Gasteiger partial charge in [-0.3, -0.25) is 0 Å². The number of benzene rings is 1. The van der Waals surface area contributed by atoms with Gasteiger partial charge in [0, 0.05) is 10.6 Å². The second-order valence-electron chi connectivity index (χ2n) is 3.69. The minimum Gasteiger partial charge on any atom is -0.387 e. The molecule has 0 spiro atoms. The maximum absolute atomic E-state index is 9.98. The average Bonchev–Trinajstić information content (AvgIpc) is 2.98. The van der Waals surface area contributed by atoms with E-state index in [0.29, 0.717) is 10.6 Å². The van der Waals surface area contributed by atoms with E-state index in [1.807, 2.05) is 12.1 Å². The summed E-state index contributed by atoms with van der Waals surface area (Å²) in [5, 5.41) is 19.4. The molecular weight excluding hydrogens is 198 g/mol. The molecular formula is C11H10ClNO. The van der Waals surface area contributed by atoms with Gasteiger partial charge in [0.25, 0.3) is 0 Å². The third-order valence-electron chi connectivity index (χ3n) is 2.73. The summed E-state index contributed by atoms with van der Waals surface area (Å²) in [6.45, 7) is 0. The summed E-state index contributed by atoms with van der Waals surface area (Å²) in [5.41, 5.74) is 0.0820. The Bertz CT molecular complexity index is 393. The van der Waals surface area contributed by atoms with E-state index in [4.69, 9.17) is 16.9 Å². The van der Waals surface area contributed by atoms with Gasteiger partial charge < -0.3 is 5.11 Å². The topological polar surface area (TPSA) is 44.0 Å². The molecule has 2 rings (SSSR count). The highest BCUT2D eigenvalue weighted by Gasteiger charge is 2.50. The first-order chi connectivity index (χ1) is 6.69. The zero-order valence-corrected chi connectivity index (χ0v) is 8.33. The van der Waals surface area contributed by atoms with E-state index in [1.165, 1.54) is 0 Å². The fourth-order valence-corrected chi connectivity index (χ4v) is 1.81. The Kier molecular flexibility index (Phi) is 2.22. The number of aliphatic hydroxyl groups is 1. The number of nitrogens with zero attached hydrogens (tertiary/aromatic N) is 1. The van der Waals surface area contributed by atoms with Gasteiger partial charge >= 0.3 is 0 Å². The van der Waals surface area contributed by atoms with Crippen LogP contribution in [0.4, 0.5) is 0 Å². The first-order valence-corrected chi connectivity index (χ1v) is 4.91.